The summed E-state index contributed by atoms with van der Waals surface area (Å²) in [6.07, 6.45) is 12.4. The van der Waals surface area contributed by atoms with Gasteiger partial charge in [0.05, 0.1) is 6.04 Å². The summed E-state index contributed by atoms with van der Waals surface area (Å²) in [5, 5.41) is 12.2. The Morgan fingerprint density at radius 1 is 1.10 bits per heavy atom. The number of carbonyl (C=O) groups excluding carboxylic acids is 1. The first kappa shape index (κ1) is 23.2. The molecular formula is C23H42N6O. The second-order valence-electron chi connectivity index (χ2n) is 9.08. The topological polar surface area (TPSA) is 63.5 Å². The number of fused-ring (bicyclic) bond motifs is 1. The van der Waals surface area contributed by atoms with Gasteiger partial charge in [-0.15, -0.1) is 5.11 Å². The molecule has 3 heterocycles. The maximum atomic E-state index is 10.4. The van der Waals surface area contributed by atoms with E-state index in [9.17, 15) is 4.79 Å². The highest BCUT2D eigenvalue weighted by atomic mass is 16.1. The van der Waals surface area contributed by atoms with Crippen LogP contribution in [0.1, 0.15) is 58.8 Å². The molecule has 0 aromatic carbocycles. The van der Waals surface area contributed by atoms with E-state index in [4.69, 9.17) is 0 Å². The molecule has 7 heteroatoms. The fraction of sp³-hybridized carbons (Fsp3) is 0.870. The molecular weight excluding hydrogens is 376 g/mol. The molecule has 30 heavy (non-hydrogen) atoms. The van der Waals surface area contributed by atoms with Crippen LogP contribution in [0, 0.1) is 5.92 Å². The van der Waals surface area contributed by atoms with Crippen LogP contribution in [0.2, 0.25) is 0 Å². The van der Waals surface area contributed by atoms with Crippen molar-refractivity contribution in [3.63, 3.8) is 0 Å². The third kappa shape index (κ3) is 6.77. The van der Waals surface area contributed by atoms with Gasteiger partial charge in [0.2, 0.25) is 6.41 Å². The van der Waals surface area contributed by atoms with Crippen molar-refractivity contribution in [1.82, 2.24) is 20.0 Å². The average Bonchev–Trinajstić information content (AvgIpc) is 2.76. The molecule has 3 fully saturated rings. The van der Waals surface area contributed by atoms with Crippen LogP contribution in [0.25, 0.3) is 0 Å². The first-order valence-electron chi connectivity index (χ1n) is 12.3. The number of hydrogen-bond donors (Lipinski definition) is 1. The fourth-order valence-corrected chi connectivity index (χ4v) is 4.64. The lowest BCUT2D eigenvalue weighted by molar-refractivity contribution is -0.120. The molecule has 0 radical (unpaired) electrons. The second kappa shape index (κ2) is 12.4. The number of likely N-dealkylation sites (tertiary alicyclic amines) is 1. The molecule has 170 valence electrons. The minimum absolute atomic E-state index is 0.389. The highest BCUT2D eigenvalue weighted by Crippen LogP contribution is 2.27. The first-order chi connectivity index (χ1) is 14.7. The summed E-state index contributed by atoms with van der Waals surface area (Å²) < 4.78 is 0. The van der Waals surface area contributed by atoms with E-state index in [1.165, 1.54) is 51.5 Å². The number of likely N-dealkylation sites (N-methyl/N-ethyl adjacent to an activating group) is 1. The van der Waals surface area contributed by atoms with Gasteiger partial charge in [-0.2, -0.15) is 5.11 Å². The summed E-state index contributed by atoms with van der Waals surface area (Å²) >= 11 is 0. The predicted molar refractivity (Wildman–Crippen MR) is 121 cm³/mol. The van der Waals surface area contributed by atoms with Gasteiger partial charge < -0.3 is 15.1 Å². The van der Waals surface area contributed by atoms with Gasteiger partial charge >= 0.3 is 0 Å². The minimum atomic E-state index is 0.389. The quantitative estimate of drug-likeness (QED) is 0.486. The Morgan fingerprint density at radius 2 is 1.90 bits per heavy atom. The number of piperazine rings is 1. The Hall–Kier alpha value is -1.47. The van der Waals surface area contributed by atoms with Crippen molar-refractivity contribution < 1.29 is 4.79 Å². The van der Waals surface area contributed by atoms with Crippen molar-refractivity contribution in [3.8, 4) is 0 Å². The fourth-order valence-electron chi connectivity index (χ4n) is 4.64. The Balaban J connectivity index is 0.000000184. The van der Waals surface area contributed by atoms with Crippen molar-refractivity contribution in [2.75, 3.05) is 52.4 Å². The molecule has 2 saturated heterocycles. The smallest absolute Gasteiger partial charge is 0.209 e. The highest BCUT2D eigenvalue weighted by molar-refractivity contribution is 5.47. The zero-order valence-electron chi connectivity index (χ0n) is 19.1. The highest BCUT2D eigenvalue weighted by Gasteiger charge is 2.30. The van der Waals surface area contributed by atoms with Crippen LogP contribution in [0.5, 0.6) is 0 Å². The minimum Gasteiger partial charge on any atom is -0.369 e. The van der Waals surface area contributed by atoms with Crippen molar-refractivity contribution >= 4 is 6.41 Å². The van der Waals surface area contributed by atoms with Gasteiger partial charge in [0.25, 0.3) is 0 Å². The largest absolute Gasteiger partial charge is 0.369 e. The lowest BCUT2D eigenvalue weighted by atomic mass is 9.91. The molecule has 2 atom stereocenters. The number of azo groups is 1. The van der Waals surface area contributed by atoms with Gasteiger partial charge in [-0.25, -0.2) is 0 Å². The van der Waals surface area contributed by atoms with Crippen LogP contribution < -0.4 is 5.32 Å². The lowest BCUT2D eigenvalue weighted by Crippen LogP contribution is -2.51. The molecule has 1 N–H and O–H groups in total. The summed E-state index contributed by atoms with van der Waals surface area (Å²) in [4.78, 5) is 17.3. The third-order valence-corrected chi connectivity index (χ3v) is 7.03. The van der Waals surface area contributed by atoms with E-state index in [0.717, 1.165) is 64.1 Å². The summed E-state index contributed by atoms with van der Waals surface area (Å²) in [5.74, 6) is 1.59. The van der Waals surface area contributed by atoms with E-state index < -0.39 is 0 Å². The van der Waals surface area contributed by atoms with Gasteiger partial charge in [-0.05, 0) is 44.8 Å². The lowest BCUT2D eigenvalue weighted by Gasteiger charge is -2.42. The summed E-state index contributed by atoms with van der Waals surface area (Å²) in [6, 6.07) is 1.23. The van der Waals surface area contributed by atoms with Crippen LogP contribution in [-0.2, 0) is 4.79 Å². The molecule has 0 aromatic heterocycles. The monoisotopic (exact) mass is 418 g/mol. The molecule has 1 amide bonds. The molecule has 3 aliphatic heterocycles. The number of piperidine rings is 1. The zero-order chi connectivity index (χ0) is 21.2. The van der Waals surface area contributed by atoms with Crippen LogP contribution >= 0.6 is 0 Å². The third-order valence-electron chi connectivity index (χ3n) is 7.03. The molecule has 0 aromatic rings. The van der Waals surface area contributed by atoms with Crippen molar-refractivity contribution in [3.05, 3.63) is 11.9 Å². The zero-order valence-corrected chi connectivity index (χ0v) is 19.1. The van der Waals surface area contributed by atoms with E-state index >= 15 is 0 Å². The molecule has 1 aliphatic carbocycles. The van der Waals surface area contributed by atoms with Crippen LogP contribution in [0.3, 0.4) is 0 Å². The number of amides is 1. The number of nitrogens with zero attached hydrogens (tertiary/aromatic N) is 5. The van der Waals surface area contributed by atoms with Gasteiger partial charge in [-0.1, -0.05) is 33.1 Å². The number of unbranched alkanes of at least 4 members (excludes halogenated alkanes) is 2. The number of hydrogen-bond acceptors (Lipinski definition) is 6. The van der Waals surface area contributed by atoms with Crippen molar-refractivity contribution in [1.29, 1.82) is 0 Å². The molecule has 0 bridgehead atoms. The van der Waals surface area contributed by atoms with Gasteiger partial charge in [0.1, 0.15) is 5.82 Å². The van der Waals surface area contributed by atoms with Crippen LogP contribution in [0.4, 0.5) is 0 Å². The average molecular weight is 419 g/mol. The SMILES string of the molecule is CCCCCNC1=CC2CCN(CC)CC2N=N1.O=CN1CCN(C2CCC2)CC1. The maximum Gasteiger partial charge on any atom is 0.209 e. The Labute approximate surface area is 182 Å². The van der Waals surface area contributed by atoms with Crippen molar-refractivity contribution in [2.45, 2.75) is 70.9 Å². The standard InChI is InChI=1S/C14H26N4.C9H16N2O/c1-3-5-6-8-15-14-10-12-7-9-18(4-2)11-13(12)16-17-14;12-8-10-4-6-11(7-5-10)9-2-1-3-9/h10,12-13,15H,3-9,11H2,1-2H3;8-9H,1-7H2. The summed E-state index contributed by atoms with van der Waals surface area (Å²) in [7, 11) is 0. The molecule has 4 rings (SSSR count). The first-order valence-corrected chi connectivity index (χ1v) is 12.3. The van der Waals surface area contributed by atoms with Gasteiger partial charge in [-0.3, -0.25) is 9.69 Å². The Morgan fingerprint density at radius 3 is 2.53 bits per heavy atom. The number of rotatable bonds is 8. The van der Waals surface area contributed by atoms with E-state index in [1.807, 2.05) is 4.90 Å². The van der Waals surface area contributed by atoms with E-state index in [0.29, 0.717) is 12.0 Å². The normalized spacial score (nSPS) is 27.4. The van der Waals surface area contributed by atoms with E-state index in [-0.39, 0.29) is 0 Å². The summed E-state index contributed by atoms with van der Waals surface area (Å²) in [6.45, 7) is 12.9. The van der Waals surface area contributed by atoms with Crippen molar-refractivity contribution in [2.24, 2.45) is 16.1 Å². The number of nitrogens with one attached hydrogen (secondary N) is 1. The molecule has 1 saturated carbocycles. The van der Waals surface area contributed by atoms with Crippen LogP contribution in [-0.4, -0.2) is 85.6 Å². The van der Waals surface area contributed by atoms with E-state index in [2.05, 4.69) is 45.3 Å². The second-order valence-corrected chi connectivity index (χ2v) is 9.08. The molecule has 2 unspecified atom stereocenters. The predicted octanol–water partition coefficient (Wildman–Crippen LogP) is 3.10. The van der Waals surface area contributed by atoms with Gasteiger partial charge in [0, 0.05) is 51.2 Å². The number of carbonyl (C=O) groups is 1. The Kier molecular flexibility index (Phi) is 9.59. The van der Waals surface area contributed by atoms with Gasteiger partial charge in [0.15, 0.2) is 0 Å². The molecule has 7 nitrogen and oxygen atoms in total. The van der Waals surface area contributed by atoms with Crippen LogP contribution in [0.15, 0.2) is 22.1 Å². The molecule has 0 spiro atoms. The maximum absolute atomic E-state index is 10.4. The molecule has 4 aliphatic rings. The van der Waals surface area contributed by atoms with E-state index in [1.54, 1.807) is 0 Å². The Bertz CT molecular complexity index is 568. The summed E-state index contributed by atoms with van der Waals surface area (Å²) in [5.41, 5.74) is 0.